The van der Waals surface area contributed by atoms with Crippen LogP contribution >= 0.6 is 43.2 Å². The fraction of sp³-hybridized carbons (Fsp3) is 0.286. The minimum absolute atomic E-state index is 0.0764. The van der Waals surface area contributed by atoms with Gasteiger partial charge >= 0.3 is 0 Å². The lowest BCUT2D eigenvalue weighted by atomic mass is 10.1. The first-order valence-corrected chi connectivity index (χ1v) is 8.32. The van der Waals surface area contributed by atoms with Crippen LogP contribution in [0.15, 0.2) is 28.1 Å². The molecular formula is C14H14Br2O3S. The van der Waals surface area contributed by atoms with E-state index in [1.807, 2.05) is 18.2 Å². The van der Waals surface area contributed by atoms with Crippen LogP contribution in [0.3, 0.4) is 0 Å². The van der Waals surface area contributed by atoms with Crippen molar-refractivity contribution in [3.05, 3.63) is 38.5 Å². The number of hydrogen-bond donors (Lipinski definition) is 0. The van der Waals surface area contributed by atoms with Crippen LogP contribution in [-0.4, -0.2) is 21.3 Å². The number of rotatable bonds is 5. The van der Waals surface area contributed by atoms with Crippen molar-refractivity contribution < 1.29 is 14.2 Å². The Labute approximate surface area is 139 Å². The summed E-state index contributed by atoms with van der Waals surface area (Å²) in [7, 11) is 4.83. The van der Waals surface area contributed by atoms with E-state index in [-0.39, 0.29) is 4.83 Å². The summed E-state index contributed by atoms with van der Waals surface area (Å²) in [5.74, 6) is 1.91. The van der Waals surface area contributed by atoms with E-state index in [1.54, 1.807) is 32.7 Å². The SMILES string of the molecule is COc1cc(C(Br)c2ccc(Br)s2)cc(OC)c1OC. The van der Waals surface area contributed by atoms with E-state index in [9.17, 15) is 0 Å². The van der Waals surface area contributed by atoms with E-state index < -0.39 is 0 Å². The third kappa shape index (κ3) is 3.13. The van der Waals surface area contributed by atoms with Gasteiger partial charge in [-0.2, -0.15) is 0 Å². The summed E-state index contributed by atoms with van der Waals surface area (Å²) in [6.45, 7) is 0. The molecule has 0 aliphatic carbocycles. The van der Waals surface area contributed by atoms with Crippen LogP contribution in [0.1, 0.15) is 15.3 Å². The summed E-state index contributed by atoms with van der Waals surface area (Å²) in [4.78, 5) is 1.28. The molecule has 0 N–H and O–H groups in total. The van der Waals surface area contributed by atoms with Crippen molar-refractivity contribution in [1.82, 2.24) is 0 Å². The van der Waals surface area contributed by atoms with Gasteiger partial charge in [-0.15, -0.1) is 11.3 Å². The number of halogens is 2. The summed E-state index contributed by atoms with van der Waals surface area (Å²) < 4.78 is 17.2. The van der Waals surface area contributed by atoms with E-state index >= 15 is 0 Å². The molecule has 3 nitrogen and oxygen atoms in total. The number of benzene rings is 1. The zero-order chi connectivity index (χ0) is 14.7. The average molecular weight is 422 g/mol. The summed E-state index contributed by atoms with van der Waals surface area (Å²) in [6, 6.07) is 8.02. The quantitative estimate of drug-likeness (QED) is 0.634. The highest BCUT2D eigenvalue weighted by Gasteiger charge is 2.19. The fourth-order valence-electron chi connectivity index (χ4n) is 1.88. The lowest BCUT2D eigenvalue weighted by Gasteiger charge is -2.16. The first kappa shape index (κ1) is 15.7. The second-order valence-corrected chi connectivity index (χ2v) is 7.37. The fourth-order valence-corrected chi connectivity index (χ4v) is 4.00. The van der Waals surface area contributed by atoms with Crippen molar-refractivity contribution in [2.45, 2.75) is 4.83 Å². The molecule has 0 aliphatic heterocycles. The Bertz CT molecular complexity index is 573. The van der Waals surface area contributed by atoms with E-state index in [1.165, 1.54) is 4.88 Å². The molecule has 1 heterocycles. The van der Waals surface area contributed by atoms with Gasteiger partial charge in [-0.3, -0.25) is 0 Å². The Morgan fingerprint density at radius 1 is 1.00 bits per heavy atom. The molecule has 0 radical (unpaired) electrons. The molecule has 1 unspecified atom stereocenters. The molecule has 0 aliphatic rings. The third-order valence-electron chi connectivity index (χ3n) is 2.82. The van der Waals surface area contributed by atoms with Gasteiger partial charge in [0.25, 0.3) is 0 Å². The molecule has 0 bridgehead atoms. The van der Waals surface area contributed by atoms with Gasteiger partial charge in [0.1, 0.15) is 0 Å². The number of methoxy groups -OCH3 is 3. The van der Waals surface area contributed by atoms with Crippen molar-refractivity contribution in [2.24, 2.45) is 0 Å². The third-order valence-corrected chi connectivity index (χ3v) is 5.84. The predicted octanol–water partition coefficient (Wildman–Crippen LogP) is 5.02. The molecule has 0 saturated heterocycles. The van der Waals surface area contributed by atoms with E-state index in [2.05, 4.69) is 37.9 Å². The Morgan fingerprint density at radius 3 is 2.00 bits per heavy atom. The van der Waals surface area contributed by atoms with Gasteiger partial charge in [-0.25, -0.2) is 0 Å². The van der Waals surface area contributed by atoms with Gasteiger partial charge in [0.05, 0.1) is 29.9 Å². The summed E-state index contributed by atoms with van der Waals surface area (Å²) in [5.41, 5.74) is 1.05. The first-order chi connectivity index (χ1) is 9.60. The molecule has 2 aromatic rings. The molecule has 1 aromatic carbocycles. The lowest BCUT2D eigenvalue weighted by molar-refractivity contribution is 0.324. The summed E-state index contributed by atoms with van der Waals surface area (Å²) >= 11 is 8.88. The number of ether oxygens (including phenoxy) is 3. The Hall–Kier alpha value is -0.720. The smallest absolute Gasteiger partial charge is 0.203 e. The van der Waals surface area contributed by atoms with Crippen LogP contribution in [0, 0.1) is 0 Å². The van der Waals surface area contributed by atoms with Crippen LogP contribution in [0.2, 0.25) is 0 Å². The van der Waals surface area contributed by atoms with Gasteiger partial charge in [-0.05, 0) is 45.8 Å². The molecule has 1 aromatic heterocycles. The number of hydrogen-bond acceptors (Lipinski definition) is 4. The zero-order valence-electron chi connectivity index (χ0n) is 11.3. The lowest BCUT2D eigenvalue weighted by Crippen LogP contribution is -1.98. The topological polar surface area (TPSA) is 27.7 Å². The van der Waals surface area contributed by atoms with Crippen LogP contribution in [0.4, 0.5) is 0 Å². The molecule has 2 rings (SSSR count). The molecule has 0 fully saturated rings. The highest BCUT2D eigenvalue weighted by Crippen LogP contribution is 2.44. The van der Waals surface area contributed by atoms with Crippen LogP contribution < -0.4 is 14.2 Å². The van der Waals surface area contributed by atoms with Gasteiger partial charge < -0.3 is 14.2 Å². The second kappa shape index (κ2) is 6.83. The zero-order valence-corrected chi connectivity index (χ0v) is 15.3. The van der Waals surface area contributed by atoms with Crippen molar-refractivity contribution in [3.63, 3.8) is 0 Å². The monoisotopic (exact) mass is 420 g/mol. The van der Waals surface area contributed by atoms with E-state index in [0.717, 1.165) is 9.35 Å². The average Bonchev–Trinajstić information content (AvgIpc) is 2.91. The van der Waals surface area contributed by atoms with Crippen molar-refractivity contribution >= 4 is 43.2 Å². The second-order valence-electron chi connectivity index (χ2n) is 3.96. The summed E-state index contributed by atoms with van der Waals surface area (Å²) in [5, 5.41) is 0. The highest BCUT2D eigenvalue weighted by molar-refractivity contribution is 9.11. The molecule has 1 atom stereocenters. The predicted molar refractivity (Wildman–Crippen MR) is 88.9 cm³/mol. The molecule has 0 spiro atoms. The number of alkyl halides is 1. The minimum atomic E-state index is 0.0764. The Balaban J connectivity index is 2.46. The van der Waals surface area contributed by atoms with Crippen LogP contribution in [0.5, 0.6) is 17.2 Å². The van der Waals surface area contributed by atoms with Crippen molar-refractivity contribution in [1.29, 1.82) is 0 Å². The van der Waals surface area contributed by atoms with Gasteiger partial charge in [0.2, 0.25) is 5.75 Å². The van der Waals surface area contributed by atoms with E-state index in [4.69, 9.17) is 14.2 Å². The number of thiophene rings is 1. The molecule has 20 heavy (non-hydrogen) atoms. The maximum absolute atomic E-state index is 5.38. The highest BCUT2D eigenvalue weighted by atomic mass is 79.9. The van der Waals surface area contributed by atoms with Gasteiger partial charge in [-0.1, -0.05) is 15.9 Å². The van der Waals surface area contributed by atoms with Crippen LogP contribution in [-0.2, 0) is 0 Å². The Kier molecular flexibility index (Phi) is 5.35. The minimum Gasteiger partial charge on any atom is -0.493 e. The van der Waals surface area contributed by atoms with Crippen LogP contribution in [0.25, 0.3) is 0 Å². The standard InChI is InChI=1S/C14H14Br2O3S/c1-17-9-6-8(7-10(18-2)14(9)19-3)13(16)11-4-5-12(15)20-11/h4-7,13H,1-3H3. The van der Waals surface area contributed by atoms with Gasteiger partial charge in [0.15, 0.2) is 11.5 Å². The van der Waals surface area contributed by atoms with Gasteiger partial charge in [0, 0.05) is 4.88 Å². The molecular weight excluding hydrogens is 408 g/mol. The Morgan fingerprint density at radius 2 is 1.60 bits per heavy atom. The molecule has 108 valence electrons. The summed E-state index contributed by atoms with van der Waals surface area (Å²) in [6.07, 6.45) is 0. The molecule has 6 heteroatoms. The maximum atomic E-state index is 5.38. The molecule has 0 amide bonds. The van der Waals surface area contributed by atoms with E-state index in [0.29, 0.717) is 17.2 Å². The van der Waals surface area contributed by atoms with Crippen molar-refractivity contribution in [2.75, 3.05) is 21.3 Å². The normalized spacial score (nSPS) is 12.1. The molecule has 0 saturated carbocycles. The first-order valence-electron chi connectivity index (χ1n) is 5.80. The van der Waals surface area contributed by atoms with Crippen molar-refractivity contribution in [3.8, 4) is 17.2 Å². The largest absolute Gasteiger partial charge is 0.493 e. The maximum Gasteiger partial charge on any atom is 0.203 e.